The zero-order valence-electron chi connectivity index (χ0n) is 11.4. The molecular weight excluding hydrogens is 327 g/mol. The average Bonchev–Trinajstić information content (AvgIpc) is 2.49. The van der Waals surface area contributed by atoms with Gasteiger partial charge in [0.05, 0.1) is 15.5 Å². The second kappa shape index (κ2) is 6.75. The zero-order valence-corrected chi connectivity index (χ0v) is 12.2. The third kappa shape index (κ3) is 4.17. The molecule has 0 aliphatic rings. The molecule has 23 heavy (non-hydrogen) atoms. The number of anilines is 2. The van der Waals surface area contributed by atoms with Gasteiger partial charge in [0.1, 0.15) is 5.82 Å². The molecule has 0 aliphatic carbocycles. The van der Waals surface area contributed by atoms with Crippen molar-refractivity contribution in [1.82, 2.24) is 0 Å². The summed E-state index contributed by atoms with van der Waals surface area (Å²) in [6.45, 7) is 0. The fourth-order valence-electron chi connectivity index (χ4n) is 1.70. The molecule has 2 aromatic rings. The summed E-state index contributed by atoms with van der Waals surface area (Å²) >= 11 is 4.97. The number of nitro groups is 2. The van der Waals surface area contributed by atoms with Gasteiger partial charge in [0, 0.05) is 30.0 Å². The van der Waals surface area contributed by atoms with Crippen LogP contribution in [0.25, 0.3) is 0 Å². The lowest BCUT2D eigenvalue weighted by Crippen LogP contribution is -2.19. The summed E-state index contributed by atoms with van der Waals surface area (Å²) in [5.41, 5.74) is -0.295. The van der Waals surface area contributed by atoms with Crippen molar-refractivity contribution in [3.63, 3.8) is 0 Å². The maximum absolute atomic E-state index is 13.6. The van der Waals surface area contributed by atoms with E-state index < -0.39 is 15.7 Å². The summed E-state index contributed by atoms with van der Waals surface area (Å²) in [6, 6.07) is 8.51. The number of thiocarbonyl (C=S) groups is 1. The van der Waals surface area contributed by atoms with Crippen molar-refractivity contribution in [1.29, 1.82) is 0 Å². The van der Waals surface area contributed by atoms with Crippen molar-refractivity contribution >= 4 is 40.1 Å². The quantitative estimate of drug-likeness (QED) is 0.500. The fourth-order valence-corrected chi connectivity index (χ4v) is 1.93. The van der Waals surface area contributed by atoms with E-state index in [1.807, 2.05) is 0 Å². The number of benzene rings is 2. The third-order valence-electron chi connectivity index (χ3n) is 2.72. The molecule has 2 aromatic carbocycles. The molecular formula is C13H9FN4O4S. The predicted octanol–water partition coefficient (Wildman–Crippen LogP) is 3.45. The smallest absolute Gasteiger partial charge is 0.271 e. The van der Waals surface area contributed by atoms with Crippen LogP contribution in [0, 0.1) is 26.0 Å². The normalized spacial score (nSPS) is 9.96. The SMILES string of the molecule is O=[N+]([O-])c1cccc(NC(=S)Nc2cc([N+](=O)[O-])ccc2F)c1. The van der Waals surface area contributed by atoms with E-state index in [-0.39, 0.29) is 22.2 Å². The minimum Gasteiger partial charge on any atom is -0.332 e. The molecule has 2 N–H and O–H groups in total. The topological polar surface area (TPSA) is 110 Å². The molecule has 0 spiro atoms. The second-order valence-corrected chi connectivity index (χ2v) is 4.72. The summed E-state index contributed by atoms with van der Waals surface area (Å²) in [5, 5.41) is 26.4. The summed E-state index contributed by atoms with van der Waals surface area (Å²) in [6.07, 6.45) is 0. The molecule has 0 amide bonds. The van der Waals surface area contributed by atoms with Gasteiger partial charge in [0.2, 0.25) is 0 Å². The van der Waals surface area contributed by atoms with Crippen molar-refractivity contribution in [3.8, 4) is 0 Å². The Kier molecular flexibility index (Phi) is 4.76. The van der Waals surface area contributed by atoms with Gasteiger partial charge in [-0.05, 0) is 24.4 Å². The lowest BCUT2D eigenvalue weighted by molar-refractivity contribution is -0.385. The molecule has 10 heteroatoms. The highest BCUT2D eigenvalue weighted by molar-refractivity contribution is 7.80. The van der Waals surface area contributed by atoms with Crippen LogP contribution in [0.15, 0.2) is 42.5 Å². The van der Waals surface area contributed by atoms with Crippen LogP contribution >= 0.6 is 12.2 Å². The van der Waals surface area contributed by atoms with Gasteiger partial charge in [-0.1, -0.05) is 6.07 Å². The monoisotopic (exact) mass is 336 g/mol. The highest BCUT2D eigenvalue weighted by Gasteiger charge is 2.12. The van der Waals surface area contributed by atoms with Crippen LogP contribution in [0.4, 0.5) is 27.1 Å². The van der Waals surface area contributed by atoms with Crippen LogP contribution < -0.4 is 10.6 Å². The second-order valence-electron chi connectivity index (χ2n) is 4.31. The van der Waals surface area contributed by atoms with Gasteiger partial charge in [-0.2, -0.15) is 0 Å². The Bertz CT molecular complexity index is 799. The van der Waals surface area contributed by atoms with Crippen LogP contribution in [0.1, 0.15) is 0 Å². The van der Waals surface area contributed by atoms with E-state index in [9.17, 15) is 24.6 Å². The molecule has 0 saturated heterocycles. The molecule has 0 heterocycles. The summed E-state index contributed by atoms with van der Waals surface area (Å²) < 4.78 is 13.6. The van der Waals surface area contributed by atoms with E-state index >= 15 is 0 Å². The van der Waals surface area contributed by atoms with E-state index in [0.29, 0.717) is 5.69 Å². The number of halogens is 1. The van der Waals surface area contributed by atoms with Gasteiger partial charge in [0.25, 0.3) is 11.4 Å². The van der Waals surface area contributed by atoms with Crippen LogP contribution in [0.5, 0.6) is 0 Å². The van der Waals surface area contributed by atoms with Gasteiger partial charge in [-0.3, -0.25) is 20.2 Å². The largest absolute Gasteiger partial charge is 0.332 e. The third-order valence-corrected chi connectivity index (χ3v) is 2.93. The lowest BCUT2D eigenvalue weighted by atomic mass is 10.2. The summed E-state index contributed by atoms with van der Waals surface area (Å²) in [5.74, 6) is -0.723. The number of nitrogens with zero attached hydrogens (tertiary/aromatic N) is 2. The number of hydrogen-bond acceptors (Lipinski definition) is 5. The van der Waals surface area contributed by atoms with Crippen LogP contribution in [-0.4, -0.2) is 15.0 Å². The number of hydrogen-bond donors (Lipinski definition) is 2. The van der Waals surface area contributed by atoms with Crippen molar-refractivity contribution < 1.29 is 14.2 Å². The molecule has 0 unspecified atom stereocenters. The van der Waals surface area contributed by atoms with Crippen molar-refractivity contribution in [2.45, 2.75) is 0 Å². The van der Waals surface area contributed by atoms with Gasteiger partial charge < -0.3 is 10.6 Å². The molecule has 8 nitrogen and oxygen atoms in total. The van der Waals surface area contributed by atoms with E-state index in [4.69, 9.17) is 12.2 Å². The van der Waals surface area contributed by atoms with Crippen molar-refractivity contribution in [2.24, 2.45) is 0 Å². The Morgan fingerprint density at radius 2 is 1.65 bits per heavy atom. The number of nitrogens with one attached hydrogen (secondary N) is 2. The standard InChI is InChI=1S/C13H9FN4O4S/c14-11-5-4-10(18(21)22)7-12(11)16-13(23)15-8-2-1-3-9(6-8)17(19)20/h1-7H,(H2,15,16,23). The van der Waals surface area contributed by atoms with E-state index in [1.165, 1.54) is 24.3 Å². The Morgan fingerprint density at radius 1 is 1.00 bits per heavy atom. The Labute approximate surface area is 134 Å². The highest BCUT2D eigenvalue weighted by Crippen LogP contribution is 2.22. The van der Waals surface area contributed by atoms with Gasteiger partial charge in [-0.15, -0.1) is 0 Å². The predicted molar refractivity (Wildman–Crippen MR) is 86.0 cm³/mol. The minimum atomic E-state index is -0.723. The molecule has 0 aromatic heterocycles. The first-order valence-electron chi connectivity index (χ1n) is 6.13. The molecule has 0 aliphatic heterocycles. The van der Waals surface area contributed by atoms with E-state index in [0.717, 1.165) is 18.2 Å². The molecule has 0 radical (unpaired) electrons. The molecule has 2 rings (SSSR count). The maximum Gasteiger partial charge on any atom is 0.271 e. The van der Waals surface area contributed by atoms with E-state index in [2.05, 4.69) is 10.6 Å². The Morgan fingerprint density at radius 3 is 2.30 bits per heavy atom. The molecule has 0 atom stereocenters. The van der Waals surface area contributed by atoms with Gasteiger partial charge >= 0.3 is 0 Å². The first kappa shape index (κ1) is 16.2. The summed E-state index contributed by atoms with van der Waals surface area (Å²) in [4.78, 5) is 20.1. The van der Waals surface area contributed by atoms with Crippen molar-refractivity contribution in [3.05, 3.63) is 68.5 Å². The minimum absolute atomic E-state index is 0.0649. The molecule has 0 bridgehead atoms. The van der Waals surface area contributed by atoms with Crippen LogP contribution in [-0.2, 0) is 0 Å². The number of rotatable bonds is 4. The Hall–Kier alpha value is -3.14. The van der Waals surface area contributed by atoms with E-state index in [1.54, 1.807) is 0 Å². The maximum atomic E-state index is 13.6. The summed E-state index contributed by atoms with van der Waals surface area (Å²) in [7, 11) is 0. The molecule has 118 valence electrons. The number of non-ortho nitro benzene ring substituents is 2. The van der Waals surface area contributed by atoms with Crippen molar-refractivity contribution in [2.75, 3.05) is 10.6 Å². The van der Waals surface area contributed by atoms with Gasteiger partial charge in [0.15, 0.2) is 5.11 Å². The van der Waals surface area contributed by atoms with Crippen LogP contribution in [0.3, 0.4) is 0 Å². The number of nitro benzene ring substituents is 2. The van der Waals surface area contributed by atoms with Gasteiger partial charge in [-0.25, -0.2) is 4.39 Å². The fraction of sp³-hybridized carbons (Fsp3) is 0. The lowest BCUT2D eigenvalue weighted by Gasteiger charge is -2.11. The molecule has 0 saturated carbocycles. The molecule has 0 fully saturated rings. The van der Waals surface area contributed by atoms with Crippen LogP contribution in [0.2, 0.25) is 0 Å². The zero-order chi connectivity index (χ0) is 17.0. The first-order chi connectivity index (χ1) is 10.9. The highest BCUT2D eigenvalue weighted by atomic mass is 32.1. The Balaban J connectivity index is 2.14. The average molecular weight is 336 g/mol. The first-order valence-corrected chi connectivity index (χ1v) is 6.54.